The third kappa shape index (κ3) is 4.98. The van der Waals surface area contributed by atoms with Gasteiger partial charge in [-0.1, -0.05) is 0 Å². The molecule has 2 heterocycles. The van der Waals surface area contributed by atoms with E-state index in [1.54, 1.807) is 29.7 Å². The number of aromatic nitrogens is 2. The predicted molar refractivity (Wildman–Crippen MR) is 96.2 cm³/mol. The molecule has 8 heteroatoms. The molecule has 0 fully saturated rings. The lowest BCUT2D eigenvalue weighted by molar-refractivity contribution is 0.807. The van der Waals surface area contributed by atoms with Gasteiger partial charge in [-0.3, -0.25) is 4.99 Å². The Bertz CT molecular complexity index is 564. The van der Waals surface area contributed by atoms with E-state index in [0.717, 1.165) is 23.2 Å². The SMILES string of the molecule is CN=C(NCc1ncc(C)s1)NCc1scnc1C.I. The average molecular weight is 423 g/mol. The maximum Gasteiger partial charge on any atom is 0.191 e. The summed E-state index contributed by atoms with van der Waals surface area (Å²) in [6.07, 6.45) is 1.89. The van der Waals surface area contributed by atoms with Gasteiger partial charge >= 0.3 is 0 Å². The number of thiazole rings is 2. The second-order valence-electron chi connectivity index (χ2n) is 4.00. The zero-order valence-corrected chi connectivity index (χ0v) is 15.6. The van der Waals surface area contributed by atoms with Gasteiger partial charge in [-0.2, -0.15) is 0 Å². The van der Waals surface area contributed by atoms with Gasteiger partial charge in [-0.05, 0) is 13.8 Å². The van der Waals surface area contributed by atoms with Crippen LogP contribution in [0.2, 0.25) is 0 Å². The van der Waals surface area contributed by atoms with Gasteiger partial charge in [0, 0.05) is 23.0 Å². The molecule has 2 N–H and O–H groups in total. The Morgan fingerprint density at radius 1 is 1.25 bits per heavy atom. The highest BCUT2D eigenvalue weighted by Gasteiger charge is 2.04. The highest BCUT2D eigenvalue weighted by atomic mass is 127. The lowest BCUT2D eigenvalue weighted by Crippen LogP contribution is -2.36. The van der Waals surface area contributed by atoms with Crippen molar-refractivity contribution in [3.8, 4) is 0 Å². The average Bonchev–Trinajstić information content (AvgIpc) is 2.99. The van der Waals surface area contributed by atoms with Gasteiger partial charge in [-0.25, -0.2) is 9.97 Å². The van der Waals surface area contributed by atoms with Gasteiger partial charge in [-0.15, -0.1) is 46.7 Å². The zero-order valence-electron chi connectivity index (χ0n) is 11.6. The minimum atomic E-state index is 0. The number of nitrogens with zero attached hydrogens (tertiary/aromatic N) is 3. The van der Waals surface area contributed by atoms with Gasteiger partial charge in [0.05, 0.1) is 24.3 Å². The van der Waals surface area contributed by atoms with Gasteiger partial charge in [0.25, 0.3) is 0 Å². The fourth-order valence-electron chi connectivity index (χ4n) is 1.52. The Kier molecular flexibility index (Phi) is 7.38. The number of hydrogen-bond donors (Lipinski definition) is 2. The fourth-order valence-corrected chi connectivity index (χ4v) is 2.97. The molecule has 0 radical (unpaired) electrons. The third-order valence-corrected chi connectivity index (χ3v) is 4.41. The molecule has 5 nitrogen and oxygen atoms in total. The van der Waals surface area contributed by atoms with E-state index in [-0.39, 0.29) is 24.0 Å². The molecule has 110 valence electrons. The highest BCUT2D eigenvalue weighted by molar-refractivity contribution is 14.0. The van der Waals surface area contributed by atoms with Crippen LogP contribution >= 0.6 is 46.7 Å². The first kappa shape index (κ1) is 17.3. The molecule has 2 aromatic heterocycles. The minimum Gasteiger partial charge on any atom is -0.351 e. The number of aliphatic imine (C=N–C) groups is 1. The third-order valence-electron chi connectivity index (χ3n) is 2.56. The number of rotatable bonds is 4. The molecular weight excluding hydrogens is 405 g/mol. The Morgan fingerprint density at radius 3 is 2.55 bits per heavy atom. The van der Waals surface area contributed by atoms with Crippen LogP contribution in [0.1, 0.15) is 20.5 Å². The summed E-state index contributed by atoms with van der Waals surface area (Å²) in [7, 11) is 1.77. The van der Waals surface area contributed by atoms with Crippen LogP contribution in [0.25, 0.3) is 0 Å². The Hall–Kier alpha value is -0.740. The number of halogens is 1. The summed E-state index contributed by atoms with van der Waals surface area (Å²) in [4.78, 5) is 15.2. The largest absolute Gasteiger partial charge is 0.351 e. The van der Waals surface area contributed by atoms with Crippen molar-refractivity contribution in [3.05, 3.63) is 32.2 Å². The molecule has 0 aromatic carbocycles. The number of aryl methyl sites for hydroxylation is 2. The first-order valence-electron chi connectivity index (χ1n) is 5.94. The van der Waals surface area contributed by atoms with Crippen molar-refractivity contribution in [2.45, 2.75) is 26.9 Å². The summed E-state index contributed by atoms with van der Waals surface area (Å²) in [6.45, 7) is 5.51. The van der Waals surface area contributed by atoms with Crippen LogP contribution in [0.4, 0.5) is 0 Å². The number of nitrogens with one attached hydrogen (secondary N) is 2. The van der Waals surface area contributed by atoms with Gasteiger partial charge in [0.15, 0.2) is 5.96 Å². The molecule has 0 bridgehead atoms. The highest BCUT2D eigenvalue weighted by Crippen LogP contribution is 2.11. The lowest BCUT2D eigenvalue weighted by Gasteiger charge is -2.10. The summed E-state index contributed by atoms with van der Waals surface area (Å²) >= 11 is 3.35. The van der Waals surface area contributed by atoms with Crippen molar-refractivity contribution in [2.75, 3.05) is 7.05 Å². The fraction of sp³-hybridized carbons (Fsp3) is 0.417. The van der Waals surface area contributed by atoms with Crippen LogP contribution in [0, 0.1) is 13.8 Å². The van der Waals surface area contributed by atoms with Crippen molar-refractivity contribution in [1.29, 1.82) is 0 Å². The Balaban J connectivity index is 0.00000200. The molecule has 0 amide bonds. The summed E-state index contributed by atoms with van der Waals surface area (Å²) in [6, 6.07) is 0. The van der Waals surface area contributed by atoms with Gasteiger partial charge in [0.2, 0.25) is 0 Å². The second kappa shape index (κ2) is 8.53. The summed E-state index contributed by atoms with van der Waals surface area (Å²) in [5.41, 5.74) is 2.93. The minimum absolute atomic E-state index is 0. The summed E-state index contributed by atoms with van der Waals surface area (Å²) < 4.78 is 0. The van der Waals surface area contributed by atoms with E-state index >= 15 is 0 Å². The molecule has 0 atom stereocenters. The quantitative estimate of drug-likeness (QED) is 0.451. The Morgan fingerprint density at radius 2 is 2.00 bits per heavy atom. The maximum atomic E-state index is 4.31. The molecule has 0 aliphatic rings. The van der Waals surface area contributed by atoms with Crippen LogP contribution in [0.3, 0.4) is 0 Å². The van der Waals surface area contributed by atoms with E-state index < -0.39 is 0 Å². The van der Waals surface area contributed by atoms with Crippen molar-refractivity contribution in [2.24, 2.45) is 4.99 Å². The first-order valence-corrected chi connectivity index (χ1v) is 7.63. The molecule has 0 saturated heterocycles. The van der Waals surface area contributed by atoms with Crippen molar-refractivity contribution in [1.82, 2.24) is 20.6 Å². The molecule has 0 aliphatic heterocycles. The molecule has 2 rings (SSSR count). The van der Waals surface area contributed by atoms with E-state index in [0.29, 0.717) is 6.54 Å². The molecule has 2 aromatic rings. The molecular formula is C12H18IN5S2. The standard InChI is InChI=1S/C12H17N5S2.HI/c1-8-4-14-11(19-8)6-16-12(13-3)15-5-10-9(2)17-7-18-10;/h4,7H,5-6H2,1-3H3,(H2,13,15,16);1H. The lowest BCUT2D eigenvalue weighted by atomic mass is 10.4. The van der Waals surface area contributed by atoms with Crippen molar-refractivity contribution in [3.63, 3.8) is 0 Å². The van der Waals surface area contributed by atoms with Crippen molar-refractivity contribution < 1.29 is 0 Å². The van der Waals surface area contributed by atoms with E-state index in [4.69, 9.17) is 0 Å². The molecule has 20 heavy (non-hydrogen) atoms. The maximum absolute atomic E-state index is 4.31. The second-order valence-corrected chi connectivity index (χ2v) is 6.26. The Labute approximate surface area is 144 Å². The van der Waals surface area contributed by atoms with Crippen molar-refractivity contribution >= 4 is 52.6 Å². The number of guanidine groups is 1. The summed E-state index contributed by atoms with van der Waals surface area (Å²) in [5, 5.41) is 7.59. The topological polar surface area (TPSA) is 62.2 Å². The molecule has 0 saturated carbocycles. The molecule has 0 aliphatic carbocycles. The monoisotopic (exact) mass is 423 g/mol. The smallest absolute Gasteiger partial charge is 0.191 e. The van der Waals surface area contributed by atoms with Crippen LogP contribution in [-0.2, 0) is 13.1 Å². The molecule has 0 unspecified atom stereocenters. The van der Waals surface area contributed by atoms with E-state index in [9.17, 15) is 0 Å². The molecule has 0 spiro atoms. The zero-order chi connectivity index (χ0) is 13.7. The number of hydrogen-bond acceptors (Lipinski definition) is 5. The van der Waals surface area contributed by atoms with Crippen LogP contribution in [0.5, 0.6) is 0 Å². The van der Waals surface area contributed by atoms with Crippen LogP contribution < -0.4 is 10.6 Å². The van der Waals surface area contributed by atoms with E-state index in [1.165, 1.54) is 9.75 Å². The predicted octanol–water partition coefficient (Wildman–Crippen LogP) is 2.70. The van der Waals surface area contributed by atoms with E-state index in [1.807, 2.05) is 18.6 Å². The van der Waals surface area contributed by atoms with Crippen LogP contribution in [-0.4, -0.2) is 23.0 Å². The van der Waals surface area contributed by atoms with Crippen LogP contribution in [0.15, 0.2) is 16.7 Å². The van der Waals surface area contributed by atoms with Gasteiger partial charge in [0.1, 0.15) is 5.01 Å². The summed E-state index contributed by atoms with van der Waals surface area (Å²) in [5.74, 6) is 0.778. The van der Waals surface area contributed by atoms with E-state index in [2.05, 4.69) is 32.5 Å². The van der Waals surface area contributed by atoms with Gasteiger partial charge < -0.3 is 10.6 Å². The normalized spacial score (nSPS) is 11.1. The first-order chi connectivity index (χ1) is 9.19.